The summed E-state index contributed by atoms with van der Waals surface area (Å²) in [7, 11) is 0. The molecule has 2 nitrogen and oxygen atoms in total. The van der Waals surface area contributed by atoms with E-state index in [1.54, 1.807) is 6.08 Å². The summed E-state index contributed by atoms with van der Waals surface area (Å²) in [6.45, 7) is 4.43. The van der Waals surface area contributed by atoms with E-state index in [1.165, 1.54) is 25.7 Å². The monoisotopic (exact) mass is 179 g/mol. The fourth-order valence-electron chi connectivity index (χ4n) is 2.18. The molecule has 0 radical (unpaired) electrons. The van der Waals surface area contributed by atoms with E-state index < -0.39 is 0 Å². The van der Waals surface area contributed by atoms with Gasteiger partial charge >= 0.3 is 0 Å². The lowest BCUT2D eigenvalue weighted by Crippen LogP contribution is -2.17. The van der Waals surface area contributed by atoms with Crippen LogP contribution in [0, 0.1) is 11.8 Å². The maximum atomic E-state index is 9.95. The summed E-state index contributed by atoms with van der Waals surface area (Å²) in [6, 6.07) is 0. The van der Waals surface area contributed by atoms with Crippen LogP contribution in [0.2, 0.25) is 0 Å². The lowest BCUT2D eigenvalue weighted by atomic mass is 9.80. The van der Waals surface area contributed by atoms with Crippen molar-refractivity contribution < 1.29 is 4.79 Å². The van der Waals surface area contributed by atoms with E-state index >= 15 is 0 Å². The molecule has 2 unspecified atom stereocenters. The quantitative estimate of drug-likeness (QED) is 0.370. The minimum absolute atomic E-state index is 0.611. The molecule has 0 saturated heterocycles. The number of allylic oxidation sites excluding steroid dienone is 1. The van der Waals surface area contributed by atoms with Crippen LogP contribution in [0.3, 0.4) is 0 Å². The standard InChI is InChI=1S/C11H17NO/c1-2-4-10-5-3-6-11(7-10)8-12-9-13/h2,10-11H,1,3-8H2. The Balaban J connectivity index is 2.32. The van der Waals surface area contributed by atoms with Crippen molar-refractivity contribution in [2.75, 3.05) is 6.54 Å². The summed E-state index contributed by atoms with van der Waals surface area (Å²) in [6.07, 6.45) is 9.74. The molecule has 0 spiro atoms. The molecule has 1 saturated carbocycles. The Hall–Kier alpha value is -0.880. The van der Waals surface area contributed by atoms with Gasteiger partial charge in [0.1, 0.15) is 0 Å². The average molecular weight is 179 g/mol. The molecule has 1 aliphatic rings. The lowest BCUT2D eigenvalue weighted by Gasteiger charge is -2.26. The molecule has 1 rings (SSSR count). The van der Waals surface area contributed by atoms with E-state index in [1.807, 2.05) is 6.08 Å². The van der Waals surface area contributed by atoms with E-state index in [4.69, 9.17) is 0 Å². The molecule has 1 aliphatic carbocycles. The molecule has 2 heteroatoms. The number of hydrogen-bond acceptors (Lipinski definition) is 2. The van der Waals surface area contributed by atoms with Crippen molar-refractivity contribution in [1.29, 1.82) is 0 Å². The number of nitrogens with zero attached hydrogens (tertiary/aromatic N) is 1. The zero-order chi connectivity index (χ0) is 9.52. The van der Waals surface area contributed by atoms with E-state index in [0.29, 0.717) is 12.5 Å². The Kier molecular flexibility index (Phi) is 4.48. The Morgan fingerprint density at radius 3 is 2.92 bits per heavy atom. The first-order valence-corrected chi connectivity index (χ1v) is 5.01. The fourth-order valence-corrected chi connectivity index (χ4v) is 2.18. The molecule has 1 fully saturated rings. The molecule has 0 aromatic carbocycles. The molecular weight excluding hydrogens is 162 g/mol. The summed E-state index contributed by atoms with van der Waals surface area (Å²) in [5.41, 5.74) is 0. The van der Waals surface area contributed by atoms with Crippen LogP contribution in [0.5, 0.6) is 0 Å². The first-order chi connectivity index (χ1) is 6.36. The summed E-state index contributed by atoms with van der Waals surface area (Å²) in [5.74, 6) is 1.39. The van der Waals surface area contributed by atoms with Gasteiger partial charge in [0.2, 0.25) is 6.08 Å². The molecule has 13 heavy (non-hydrogen) atoms. The second-order valence-electron chi connectivity index (χ2n) is 3.86. The van der Waals surface area contributed by atoms with Gasteiger partial charge in [0.25, 0.3) is 0 Å². The van der Waals surface area contributed by atoms with Gasteiger partial charge in [0.15, 0.2) is 0 Å². The summed E-state index contributed by atoms with van der Waals surface area (Å²) < 4.78 is 0. The van der Waals surface area contributed by atoms with Gasteiger partial charge in [-0.25, -0.2) is 9.79 Å². The van der Waals surface area contributed by atoms with Crippen molar-refractivity contribution >= 4 is 6.08 Å². The maximum Gasteiger partial charge on any atom is 0.234 e. The second kappa shape index (κ2) is 5.71. The Bertz CT molecular complexity index is 206. The second-order valence-corrected chi connectivity index (χ2v) is 3.86. The topological polar surface area (TPSA) is 29.4 Å². The summed E-state index contributed by atoms with van der Waals surface area (Å²) >= 11 is 0. The Labute approximate surface area is 79.8 Å². The van der Waals surface area contributed by atoms with Crippen molar-refractivity contribution in [3.63, 3.8) is 0 Å². The van der Waals surface area contributed by atoms with Gasteiger partial charge in [-0.1, -0.05) is 18.9 Å². The van der Waals surface area contributed by atoms with Crippen LogP contribution in [-0.4, -0.2) is 12.6 Å². The van der Waals surface area contributed by atoms with Crippen LogP contribution in [0.1, 0.15) is 32.1 Å². The molecule has 72 valence electrons. The third-order valence-corrected chi connectivity index (χ3v) is 2.81. The smallest absolute Gasteiger partial charge is 0.211 e. The largest absolute Gasteiger partial charge is 0.234 e. The summed E-state index contributed by atoms with van der Waals surface area (Å²) in [5, 5.41) is 0. The van der Waals surface area contributed by atoms with E-state index in [0.717, 1.165) is 12.3 Å². The van der Waals surface area contributed by atoms with Crippen molar-refractivity contribution in [3.05, 3.63) is 12.7 Å². The van der Waals surface area contributed by atoms with Gasteiger partial charge in [-0.3, -0.25) is 0 Å². The molecule has 0 aromatic heterocycles. The van der Waals surface area contributed by atoms with Gasteiger partial charge in [-0.15, -0.1) is 6.58 Å². The highest BCUT2D eigenvalue weighted by Gasteiger charge is 2.20. The zero-order valence-corrected chi connectivity index (χ0v) is 8.04. The predicted molar refractivity (Wildman–Crippen MR) is 53.3 cm³/mol. The van der Waals surface area contributed by atoms with Crippen molar-refractivity contribution in [2.24, 2.45) is 16.8 Å². The van der Waals surface area contributed by atoms with Crippen LogP contribution < -0.4 is 0 Å². The number of isocyanates is 1. The van der Waals surface area contributed by atoms with Crippen molar-refractivity contribution in [2.45, 2.75) is 32.1 Å². The number of aliphatic imine (C=N–C) groups is 1. The molecule has 2 atom stereocenters. The van der Waals surface area contributed by atoms with E-state index in [2.05, 4.69) is 11.6 Å². The van der Waals surface area contributed by atoms with Gasteiger partial charge in [0, 0.05) is 0 Å². The predicted octanol–water partition coefficient (Wildman–Crippen LogP) is 2.70. The van der Waals surface area contributed by atoms with E-state index in [9.17, 15) is 4.79 Å². The van der Waals surface area contributed by atoms with Crippen LogP contribution in [-0.2, 0) is 4.79 Å². The molecule has 0 amide bonds. The SMILES string of the molecule is C=CCC1CCCC(CN=C=O)C1. The minimum Gasteiger partial charge on any atom is -0.211 e. The number of carbonyl (C=O) groups excluding carboxylic acids is 1. The first kappa shape index (κ1) is 10.2. The third kappa shape index (κ3) is 3.56. The average Bonchev–Trinajstić information content (AvgIpc) is 2.16. The Morgan fingerprint density at radius 1 is 1.46 bits per heavy atom. The molecular formula is C11H17NO. The highest BCUT2D eigenvalue weighted by molar-refractivity contribution is 5.32. The molecule has 0 N–H and O–H groups in total. The van der Waals surface area contributed by atoms with Gasteiger partial charge < -0.3 is 0 Å². The third-order valence-electron chi connectivity index (χ3n) is 2.81. The lowest BCUT2D eigenvalue weighted by molar-refractivity contribution is 0.274. The first-order valence-electron chi connectivity index (χ1n) is 5.01. The van der Waals surface area contributed by atoms with Gasteiger partial charge in [-0.2, -0.15) is 0 Å². The molecule has 0 bridgehead atoms. The Morgan fingerprint density at radius 2 is 2.23 bits per heavy atom. The summed E-state index contributed by atoms with van der Waals surface area (Å²) in [4.78, 5) is 13.6. The normalized spacial score (nSPS) is 27.7. The number of rotatable bonds is 4. The van der Waals surface area contributed by atoms with Crippen molar-refractivity contribution in [3.8, 4) is 0 Å². The van der Waals surface area contributed by atoms with Crippen LogP contribution in [0.25, 0.3) is 0 Å². The van der Waals surface area contributed by atoms with Crippen LogP contribution in [0.4, 0.5) is 0 Å². The highest BCUT2D eigenvalue weighted by Crippen LogP contribution is 2.31. The molecule has 0 aromatic rings. The zero-order valence-electron chi connectivity index (χ0n) is 8.04. The number of hydrogen-bond donors (Lipinski definition) is 0. The highest BCUT2D eigenvalue weighted by atomic mass is 16.1. The minimum atomic E-state index is 0.611. The van der Waals surface area contributed by atoms with Crippen LogP contribution >= 0.6 is 0 Å². The molecule has 0 heterocycles. The van der Waals surface area contributed by atoms with E-state index in [-0.39, 0.29) is 0 Å². The van der Waals surface area contributed by atoms with Crippen molar-refractivity contribution in [1.82, 2.24) is 0 Å². The fraction of sp³-hybridized carbons (Fsp3) is 0.727. The van der Waals surface area contributed by atoms with Gasteiger partial charge in [-0.05, 0) is 31.1 Å². The maximum absolute atomic E-state index is 9.95. The van der Waals surface area contributed by atoms with Gasteiger partial charge in [0.05, 0.1) is 6.54 Å². The van der Waals surface area contributed by atoms with Crippen LogP contribution in [0.15, 0.2) is 17.6 Å². The molecule has 0 aliphatic heterocycles.